The minimum Gasteiger partial charge on any atom is -0.305 e. The summed E-state index contributed by atoms with van der Waals surface area (Å²) in [6.45, 7) is 2.38. The van der Waals surface area contributed by atoms with Gasteiger partial charge in [0.1, 0.15) is 0 Å². The SMILES string of the molecule is CNC1CCCCN1CCC(c1ccccc1)c1ccccc1. The van der Waals surface area contributed by atoms with E-state index in [4.69, 9.17) is 0 Å². The van der Waals surface area contributed by atoms with Gasteiger partial charge in [0.25, 0.3) is 0 Å². The maximum absolute atomic E-state index is 3.48. The lowest BCUT2D eigenvalue weighted by atomic mass is 9.88. The molecule has 1 atom stereocenters. The molecule has 1 aliphatic heterocycles. The average Bonchev–Trinajstić information content (AvgIpc) is 2.64. The Kier molecular flexibility index (Phi) is 5.84. The van der Waals surface area contributed by atoms with Crippen molar-refractivity contribution in [3.63, 3.8) is 0 Å². The van der Waals surface area contributed by atoms with Crippen LogP contribution in [0.5, 0.6) is 0 Å². The minimum atomic E-state index is 0.483. The maximum Gasteiger partial charge on any atom is 0.0594 e. The molecular weight excluding hydrogens is 280 g/mol. The van der Waals surface area contributed by atoms with Crippen LogP contribution in [0.15, 0.2) is 60.7 Å². The van der Waals surface area contributed by atoms with Gasteiger partial charge in [0.05, 0.1) is 6.17 Å². The van der Waals surface area contributed by atoms with E-state index >= 15 is 0 Å². The van der Waals surface area contributed by atoms with E-state index in [0.717, 1.165) is 6.54 Å². The van der Waals surface area contributed by atoms with Crippen molar-refractivity contribution >= 4 is 0 Å². The van der Waals surface area contributed by atoms with Gasteiger partial charge in [-0.15, -0.1) is 0 Å². The molecule has 0 saturated carbocycles. The lowest BCUT2D eigenvalue weighted by Gasteiger charge is -2.36. The highest BCUT2D eigenvalue weighted by molar-refractivity contribution is 5.32. The zero-order valence-electron chi connectivity index (χ0n) is 14.1. The largest absolute Gasteiger partial charge is 0.305 e. The second-order valence-corrected chi connectivity index (χ2v) is 6.50. The number of likely N-dealkylation sites (tertiary alicyclic amines) is 1. The Labute approximate surface area is 140 Å². The standard InChI is InChI=1S/C21H28N2/c1-22-21-14-8-9-16-23(21)17-15-20(18-10-4-2-5-11-18)19-12-6-3-7-13-19/h2-7,10-13,20-22H,8-9,14-17H2,1H3. The summed E-state index contributed by atoms with van der Waals surface area (Å²) in [5, 5.41) is 3.48. The third kappa shape index (κ3) is 4.21. The van der Waals surface area contributed by atoms with Crippen molar-refractivity contribution in [1.82, 2.24) is 10.2 Å². The third-order valence-corrected chi connectivity index (χ3v) is 5.06. The van der Waals surface area contributed by atoms with Crippen LogP contribution in [-0.4, -0.2) is 31.2 Å². The van der Waals surface area contributed by atoms with Crippen molar-refractivity contribution in [2.24, 2.45) is 0 Å². The summed E-state index contributed by atoms with van der Waals surface area (Å²) in [5.41, 5.74) is 2.86. The molecule has 1 heterocycles. The number of benzene rings is 2. The van der Waals surface area contributed by atoms with Gasteiger partial charge in [-0.05, 0) is 50.4 Å². The van der Waals surface area contributed by atoms with Crippen molar-refractivity contribution in [3.8, 4) is 0 Å². The minimum absolute atomic E-state index is 0.483. The molecule has 0 aliphatic carbocycles. The first-order valence-electron chi connectivity index (χ1n) is 8.89. The lowest BCUT2D eigenvalue weighted by Crippen LogP contribution is -2.47. The first-order chi connectivity index (χ1) is 11.4. The van der Waals surface area contributed by atoms with Gasteiger partial charge in [-0.2, -0.15) is 0 Å². The van der Waals surface area contributed by atoms with E-state index in [1.165, 1.54) is 43.4 Å². The molecule has 3 rings (SSSR count). The number of hydrogen-bond acceptors (Lipinski definition) is 2. The Morgan fingerprint density at radius 3 is 2.13 bits per heavy atom. The second-order valence-electron chi connectivity index (χ2n) is 6.50. The predicted molar refractivity (Wildman–Crippen MR) is 97.6 cm³/mol. The van der Waals surface area contributed by atoms with Crippen LogP contribution in [0.2, 0.25) is 0 Å². The molecule has 2 aromatic rings. The van der Waals surface area contributed by atoms with Gasteiger partial charge < -0.3 is 5.32 Å². The smallest absolute Gasteiger partial charge is 0.0594 e. The predicted octanol–water partition coefficient (Wildman–Crippen LogP) is 4.24. The summed E-state index contributed by atoms with van der Waals surface area (Å²) in [6.07, 6.45) is 5.68. The van der Waals surface area contributed by atoms with Gasteiger partial charge in [0, 0.05) is 12.5 Å². The Balaban J connectivity index is 1.74. The van der Waals surface area contributed by atoms with Crippen molar-refractivity contribution in [3.05, 3.63) is 71.8 Å². The van der Waals surface area contributed by atoms with Gasteiger partial charge in [-0.1, -0.05) is 60.7 Å². The molecule has 2 heteroatoms. The summed E-state index contributed by atoms with van der Waals surface area (Å²) in [5.74, 6) is 0.483. The molecule has 2 aromatic carbocycles. The summed E-state index contributed by atoms with van der Waals surface area (Å²) in [7, 11) is 2.09. The van der Waals surface area contributed by atoms with Crippen molar-refractivity contribution < 1.29 is 0 Å². The number of piperidine rings is 1. The topological polar surface area (TPSA) is 15.3 Å². The fourth-order valence-electron chi connectivity index (χ4n) is 3.78. The quantitative estimate of drug-likeness (QED) is 0.858. The Morgan fingerprint density at radius 1 is 0.957 bits per heavy atom. The summed E-state index contributed by atoms with van der Waals surface area (Å²) < 4.78 is 0. The Morgan fingerprint density at radius 2 is 1.57 bits per heavy atom. The first kappa shape index (κ1) is 16.2. The van der Waals surface area contributed by atoms with E-state index in [1.54, 1.807) is 0 Å². The van der Waals surface area contributed by atoms with Crippen LogP contribution in [0.25, 0.3) is 0 Å². The highest BCUT2D eigenvalue weighted by Gasteiger charge is 2.22. The van der Waals surface area contributed by atoms with E-state index in [-0.39, 0.29) is 0 Å². The first-order valence-corrected chi connectivity index (χ1v) is 8.89. The molecule has 1 N–H and O–H groups in total. The maximum atomic E-state index is 3.48. The monoisotopic (exact) mass is 308 g/mol. The highest BCUT2D eigenvalue weighted by Crippen LogP contribution is 2.29. The van der Waals surface area contributed by atoms with E-state index in [9.17, 15) is 0 Å². The van der Waals surface area contributed by atoms with Crippen molar-refractivity contribution in [2.45, 2.75) is 37.8 Å². The zero-order valence-corrected chi connectivity index (χ0v) is 14.1. The van der Waals surface area contributed by atoms with E-state index in [0.29, 0.717) is 12.1 Å². The van der Waals surface area contributed by atoms with E-state index < -0.39 is 0 Å². The molecule has 23 heavy (non-hydrogen) atoms. The molecule has 0 aromatic heterocycles. The van der Waals surface area contributed by atoms with Crippen LogP contribution in [-0.2, 0) is 0 Å². The number of nitrogens with one attached hydrogen (secondary N) is 1. The average molecular weight is 308 g/mol. The molecule has 122 valence electrons. The molecule has 1 aliphatic rings. The molecule has 1 fully saturated rings. The van der Waals surface area contributed by atoms with Crippen molar-refractivity contribution in [1.29, 1.82) is 0 Å². The van der Waals surface area contributed by atoms with Gasteiger partial charge in [-0.25, -0.2) is 0 Å². The molecular formula is C21H28N2. The van der Waals surface area contributed by atoms with E-state index in [2.05, 4.69) is 77.9 Å². The van der Waals surface area contributed by atoms with Gasteiger partial charge in [0.2, 0.25) is 0 Å². The fourth-order valence-corrected chi connectivity index (χ4v) is 3.78. The summed E-state index contributed by atoms with van der Waals surface area (Å²) in [6, 6.07) is 21.9. The summed E-state index contributed by atoms with van der Waals surface area (Å²) in [4.78, 5) is 2.63. The highest BCUT2D eigenvalue weighted by atomic mass is 15.3. The number of rotatable bonds is 6. The molecule has 1 unspecified atom stereocenters. The molecule has 0 radical (unpaired) electrons. The van der Waals surface area contributed by atoms with Crippen LogP contribution < -0.4 is 5.32 Å². The molecule has 1 saturated heterocycles. The third-order valence-electron chi connectivity index (χ3n) is 5.06. The van der Waals surface area contributed by atoms with Gasteiger partial charge >= 0.3 is 0 Å². The Hall–Kier alpha value is -1.64. The molecule has 0 amide bonds. The fraction of sp³-hybridized carbons (Fsp3) is 0.429. The van der Waals surface area contributed by atoms with Crippen LogP contribution in [0.4, 0.5) is 0 Å². The zero-order chi connectivity index (χ0) is 15.9. The van der Waals surface area contributed by atoms with Crippen LogP contribution in [0.3, 0.4) is 0 Å². The molecule has 0 bridgehead atoms. The van der Waals surface area contributed by atoms with Crippen molar-refractivity contribution in [2.75, 3.05) is 20.1 Å². The van der Waals surface area contributed by atoms with Gasteiger partial charge in [0.15, 0.2) is 0 Å². The molecule has 2 nitrogen and oxygen atoms in total. The number of hydrogen-bond donors (Lipinski definition) is 1. The lowest BCUT2D eigenvalue weighted by molar-refractivity contribution is 0.124. The van der Waals surface area contributed by atoms with Gasteiger partial charge in [-0.3, -0.25) is 4.90 Å². The van der Waals surface area contributed by atoms with Crippen LogP contribution >= 0.6 is 0 Å². The number of nitrogens with zero attached hydrogens (tertiary/aromatic N) is 1. The summed E-state index contributed by atoms with van der Waals surface area (Å²) >= 11 is 0. The van der Waals surface area contributed by atoms with E-state index in [1.807, 2.05) is 0 Å². The van der Waals surface area contributed by atoms with Crippen LogP contribution in [0.1, 0.15) is 42.7 Å². The van der Waals surface area contributed by atoms with Crippen LogP contribution in [0, 0.1) is 0 Å². The normalized spacial score (nSPS) is 19.1. The molecule has 0 spiro atoms. The Bertz CT molecular complexity index is 527. The second kappa shape index (κ2) is 8.28.